The van der Waals surface area contributed by atoms with Crippen LogP contribution in [-0.4, -0.2) is 18.2 Å². The molecule has 0 heterocycles. The lowest BCUT2D eigenvalue weighted by atomic mass is 9.93. The van der Waals surface area contributed by atoms with Gasteiger partial charge in [-0.15, -0.1) is 0 Å². The standard InChI is InChI=1S/C12H14O3/c1-3-9-12(14,11(13)15-2)10-7-5-4-6-8-10/h3-9,14H,1-2H3. The van der Waals surface area contributed by atoms with E-state index in [0.29, 0.717) is 5.56 Å². The first kappa shape index (κ1) is 11.5. The van der Waals surface area contributed by atoms with Gasteiger partial charge in [0.2, 0.25) is 5.60 Å². The van der Waals surface area contributed by atoms with Crippen LogP contribution in [0.3, 0.4) is 0 Å². The fourth-order valence-electron chi connectivity index (χ4n) is 1.37. The molecule has 0 aromatic heterocycles. The van der Waals surface area contributed by atoms with Gasteiger partial charge < -0.3 is 9.84 Å². The molecule has 3 heteroatoms. The molecule has 0 fully saturated rings. The number of hydrogen-bond donors (Lipinski definition) is 1. The fourth-order valence-corrected chi connectivity index (χ4v) is 1.37. The van der Waals surface area contributed by atoms with E-state index in [1.54, 1.807) is 37.3 Å². The van der Waals surface area contributed by atoms with E-state index in [0.717, 1.165) is 0 Å². The maximum atomic E-state index is 11.5. The Labute approximate surface area is 89.0 Å². The second kappa shape index (κ2) is 4.75. The third-order valence-electron chi connectivity index (χ3n) is 2.12. The van der Waals surface area contributed by atoms with Crippen molar-refractivity contribution >= 4 is 5.97 Å². The second-order valence-corrected chi connectivity index (χ2v) is 3.12. The monoisotopic (exact) mass is 206 g/mol. The van der Waals surface area contributed by atoms with E-state index < -0.39 is 11.6 Å². The lowest BCUT2D eigenvalue weighted by molar-refractivity contribution is -0.158. The van der Waals surface area contributed by atoms with E-state index in [1.165, 1.54) is 13.2 Å². The average molecular weight is 206 g/mol. The Morgan fingerprint density at radius 1 is 1.40 bits per heavy atom. The van der Waals surface area contributed by atoms with Gasteiger partial charge in [0.1, 0.15) is 0 Å². The van der Waals surface area contributed by atoms with Crippen molar-refractivity contribution in [3.05, 3.63) is 48.0 Å². The summed E-state index contributed by atoms with van der Waals surface area (Å²) >= 11 is 0. The highest BCUT2D eigenvalue weighted by Crippen LogP contribution is 2.24. The van der Waals surface area contributed by atoms with Gasteiger partial charge >= 0.3 is 5.97 Å². The summed E-state index contributed by atoms with van der Waals surface area (Å²) in [6.45, 7) is 1.73. The quantitative estimate of drug-likeness (QED) is 0.604. The summed E-state index contributed by atoms with van der Waals surface area (Å²) in [5.74, 6) is -0.688. The van der Waals surface area contributed by atoms with Crippen molar-refractivity contribution in [2.24, 2.45) is 0 Å². The Kier molecular flexibility index (Phi) is 3.63. The third-order valence-corrected chi connectivity index (χ3v) is 2.12. The minimum Gasteiger partial charge on any atom is -0.466 e. The van der Waals surface area contributed by atoms with Crippen molar-refractivity contribution in [3.63, 3.8) is 0 Å². The van der Waals surface area contributed by atoms with Gasteiger partial charge in [-0.3, -0.25) is 0 Å². The highest BCUT2D eigenvalue weighted by atomic mass is 16.5. The van der Waals surface area contributed by atoms with Gasteiger partial charge in [-0.2, -0.15) is 0 Å². The molecule has 80 valence electrons. The number of allylic oxidation sites excluding steroid dienone is 1. The van der Waals surface area contributed by atoms with Crippen LogP contribution < -0.4 is 0 Å². The lowest BCUT2D eigenvalue weighted by Gasteiger charge is -2.21. The molecule has 0 spiro atoms. The maximum absolute atomic E-state index is 11.5. The van der Waals surface area contributed by atoms with Crippen LogP contribution in [-0.2, 0) is 15.1 Å². The molecule has 0 bridgehead atoms. The Morgan fingerprint density at radius 2 is 2.00 bits per heavy atom. The number of aliphatic hydroxyl groups is 1. The molecule has 0 aliphatic carbocycles. The first-order valence-electron chi connectivity index (χ1n) is 4.65. The largest absolute Gasteiger partial charge is 0.466 e. The van der Waals surface area contributed by atoms with Crippen molar-refractivity contribution in [1.29, 1.82) is 0 Å². The maximum Gasteiger partial charge on any atom is 0.346 e. The van der Waals surface area contributed by atoms with E-state index in [9.17, 15) is 9.90 Å². The normalized spacial score (nSPS) is 14.9. The van der Waals surface area contributed by atoms with Crippen LogP contribution in [0.2, 0.25) is 0 Å². The molecule has 1 aromatic rings. The molecule has 3 nitrogen and oxygen atoms in total. The molecule has 1 unspecified atom stereocenters. The molecule has 0 aliphatic rings. The highest BCUT2D eigenvalue weighted by molar-refractivity contribution is 5.83. The van der Waals surface area contributed by atoms with Gasteiger partial charge in [-0.05, 0) is 18.6 Å². The molecular weight excluding hydrogens is 192 g/mol. The molecule has 1 atom stereocenters. The lowest BCUT2D eigenvalue weighted by Crippen LogP contribution is -2.34. The number of carbonyl (C=O) groups excluding carboxylic acids is 1. The zero-order valence-electron chi connectivity index (χ0n) is 8.81. The predicted octanol–water partition coefficient (Wildman–Crippen LogP) is 1.62. The number of ether oxygens (including phenoxy) is 1. The van der Waals surface area contributed by atoms with Gasteiger partial charge in [0.05, 0.1) is 7.11 Å². The van der Waals surface area contributed by atoms with Crippen LogP contribution in [0.15, 0.2) is 42.5 Å². The molecule has 1 aromatic carbocycles. The molecule has 0 amide bonds. The van der Waals surface area contributed by atoms with Crippen LogP contribution in [0.25, 0.3) is 0 Å². The Morgan fingerprint density at radius 3 is 2.47 bits per heavy atom. The van der Waals surface area contributed by atoms with Crippen LogP contribution in [0.4, 0.5) is 0 Å². The minimum absolute atomic E-state index is 0.495. The van der Waals surface area contributed by atoms with Crippen molar-refractivity contribution in [2.45, 2.75) is 12.5 Å². The second-order valence-electron chi connectivity index (χ2n) is 3.12. The predicted molar refractivity (Wildman–Crippen MR) is 57.2 cm³/mol. The van der Waals surface area contributed by atoms with Gasteiger partial charge in [0, 0.05) is 0 Å². The molecular formula is C12H14O3. The van der Waals surface area contributed by atoms with E-state index in [4.69, 9.17) is 0 Å². The van der Waals surface area contributed by atoms with Crippen molar-refractivity contribution in [3.8, 4) is 0 Å². The summed E-state index contributed by atoms with van der Waals surface area (Å²) in [4.78, 5) is 11.5. The van der Waals surface area contributed by atoms with E-state index >= 15 is 0 Å². The topological polar surface area (TPSA) is 46.5 Å². The Bertz CT molecular complexity index is 356. The fraction of sp³-hybridized carbons (Fsp3) is 0.250. The molecule has 1 N–H and O–H groups in total. The summed E-state index contributed by atoms with van der Waals surface area (Å²) in [6, 6.07) is 8.68. The average Bonchev–Trinajstić information content (AvgIpc) is 2.29. The SMILES string of the molecule is CC=CC(O)(C(=O)OC)c1ccccc1. The van der Waals surface area contributed by atoms with Crippen molar-refractivity contribution in [2.75, 3.05) is 7.11 Å². The van der Waals surface area contributed by atoms with Gasteiger partial charge in [-0.1, -0.05) is 36.4 Å². The summed E-state index contributed by atoms with van der Waals surface area (Å²) in [7, 11) is 1.25. The van der Waals surface area contributed by atoms with Crippen molar-refractivity contribution in [1.82, 2.24) is 0 Å². The van der Waals surface area contributed by atoms with E-state index in [-0.39, 0.29) is 0 Å². The minimum atomic E-state index is -1.69. The highest BCUT2D eigenvalue weighted by Gasteiger charge is 2.35. The number of rotatable bonds is 3. The molecule has 0 saturated heterocycles. The van der Waals surface area contributed by atoms with Crippen LogP contribution in [0, 0.1) is 0 Å². The Hall–Kier alpha value is -1.61. The van der Waals surface area contributed by atoms with Gasteiger partial charge in [-0.25, -0.2) is 4.79 Å². The number of esters is 1. The summed E-state index contributed by atoms with van der Waals surface area (Å²) in [6.07, 6.45) is 3.03. The molecule has 1 rings (SSSR count). The first-order valence-corrected chi connectivity index (χ1v) is 4.65. The number of benzene rings is 1. The zero-order chi connectivity index (χ0) is 11.3. The van der Waals surface area contributed by atoms with Crippen molar-refractivity contribution < 1.29 is 14.6 Å². The van der Waals surface area contributed by atoms with Gasteiger partial charge in [0.15, 0.2) is 0 Å². The molecule has 0 aliphatic heterocycles. The number of carbonyl (C=O) groups is 1. The third kappa shape index (κ3) is 2.25. The Balaban J connectivity index is 3.18. The molecule has 0 saturated carbocycles. The van der Waals surface area contributed by atoms with Crippen LogP contribution in [0.5, 0.6) is 0 Å². The molecule has 0 radical (unpaired) electrons. The smallest absolute Gasteiger partial charge is 0.346 e. The summed E-state index contributed by atoms with van der Waals surface area (Å²) in [5, 5.41) is 10.2. The van der Waals surface area contributed by atoms with Crippen LogP contribution >= 0.6 is 0 Å². The van der Waals surface area contributed by atoms with Gasteiger partial charge in [0.25, 0.3) is 0 Å². The number of methoxy groups -OCH3 is 1. The number of hydrogen-bond acceptors (Lipinski definition) is 3. The summed E-state index contributed by atoms with van der Waals surface area (Å²) in [5.41, 5.74) is -1.19. The van der Waals surface area contributed by atoms with E-state index in [1.807, 2.05) is 6.07 Å². The van der Waals surface area contributed by atoms with Crippen LogP contribution in [0.1, 0.15) is 12.5 Å². The zero-order valence-corrected chi connectivity index (χ0v) is 8.81. The summed E-state index contributed by atoms with van der Waals surface area (Å²) < 4.78 is 4.58. The molecule has 15 heavy (non-hydrogen) atoms. The first-order chi connectivity index (χ1) is 7.15. The van der Waals surface area contributed by atoms with E-state index in [2.05, 4.69) is 4.74 Å².